The van der Waals surface area contributed by atoms with Crippen LogP contribution in [-0.2, 0) is 6.42 Å². The van der Waals surface area contributed by atoms with Gasteiger partial charge in [0, 0.05) is 6.20 Å². The first kappa shape index (κ1) is 9.33. The van der Waals surface area contributed by atoms with Crippen LogP contribution in [0.3, 0.4) is 0 Å². The van der Waals surface area contributed by atoms with Crippen molar-refractivity contribution in [1.29, 1.82) is 0 Å². The number of hydrogen-bond donors (Lipinski definition) is 0. The molecule has 1 atom stereocenters. The Balaban J connectivity index is 1.96. The van der Waals surface area contributed by atoms with Crippen molar-refractivity contribution >= 4 is 5.78 Å². The fourth-order valence-electron chi connectivity index (χ4n) is 2.26. The Morgan fingerprint density at radius 3 is 3.12 bits per heavy atom. The summed E-state index contributed by atoms with van der Waals surface area (Å²) in [5.41, 5.74) is 2.11. The summed E-state index contributed by atoms with van der Waals surface area (Å²) < 4.78 is 5.15. The highest BCUT2D eigenvalue weighted by Gasteiger charge is 2.31. The van der Waals surface area contributed by atoms with Gasteiger partial charge < -0.3 is 4.42 Å². The Hall–Kier alpha value is -1.90. The van der Waals surface area contributed by atoms with Crippen molar-refractivity contribution in [3.63, 3.8) is 0 Å². The van der Waals surface area contributed by atoms with Crippen molar-refractivity contribution in [2.45, 2.75) is 18.8 Å². The van der Waals surface area contributed by atoms with E-state index in [0.29, 0.717) is 5.76 Å². The van der Waals surface area contributed by atoms with Crippen LogP contribution in [0.25, 0.3) is 0 Å². The van der Waals surface area contributed by atoms with Crippen LogP contribution in [0.4, 0.5) is 0 Å². The number of pyridine rings is 1. The van der Waals surface area contributed by atoms with Crippen LogP contribution in [-0.4, -0.2) is 10.8 Å². The lowest BCUT2D eigenvalue weighted by molar-refractivity contribution is 0.0930. The zero-order valence-corrected chi connectivity index (χ0v) is 8.72. The average molecular weight is 213 g/mol. The Bertz CT molecular complexity index is 516. The van der Waals surface area contributed by atoms with Gasteiger partial charge in [-0.2, -0.15) is 0 Å². The summed E-state index contributed by atoms with van der Waals surface area (Å²) >= 11 is 0. The van der Waals surface area contributed by atoms with Crippen molar-refractivity contribution in [3.8, 4) is 0 Å². The van der Waals surface area contributed by atoms with Gasteiger partial charge in [0.1, 0.15) is 0 Å². The highest BCUT2D eigenvalue weighted by atomic mass is 16.3. The number of carbonyl (C=O) groups is 1. The van der Waals surface area contributed by atoms with Crippen LogP contribution in [0.5, 0.6) is 0 Å². The smallest absolute Gasteiger partial charge is 0.207 e. The highest BCUT2D eigenvalue weighted by Crippen LogP contribution is 2.33. The molecule has 0 aliphatic heterocycles. The number of ketones is 1. The summed E-state index contributed by atoms with van der Waals surface area (Å²) in [7, 11) is 0. The maximum Gasteiger partial charge on any atom is 0.207 e. The molecule has 0 bridgehead atoms. The predicted octanol–water partition coefficient (Wildman–Crippen LogP) is 2.59. The van der Waals surface area contributed by atoms with Gasteiger partial charge in [-0.05, 0) is 36.6 Å². The minimum atomic E-state index is -0.123. The molecule has 0 radical (unpaired) electrons. The predicted molar refractivity (Wildman–Crippen MR) is 58.3 cm³/mol. The lowest BCUT2D eigenvalue weighted by Crippen LogP contribution is -2.10. The van der Waals surface area contributed by atoms with Crippen molar-refractivity contribution in [3.05, 3.63) is 53.7 Å². The van der Waals surface area contributed by atoms with Gasteiger partial charge in [-0.3, -0.25) is 9.78 Å². The molecule has 1 unspecified atom stereocenters. The molecule has 0 spiro atoms. The lowest BCUT2D eigenvalue weighted by atomic mass is 9.99. The lowest BCUT2D eigenvalue weighted by Gasteiger charge is -2.06. The van der Waals surface area contributed by atoms with Gasteiger partial charge in [-0.25, -0.2) is 0 Å². The van der Waals surface area contributed by atoms with Crippen LogP contribution in [0.15, 0.2) is 41.1 Å². The first-order valence-electron chi connectivity index (χ1n) is 5.38. The number of nitrogens with zero attached hydrogens (tertiary/aromatic N) is 1. The highest BCUT2D eigenvalue weighted by molar-refractivity contribution is 5.99. The molecule has 80 valence electrons. The van der Waals surface area contributed by atoms with Gasteiger partial charge in [0.25, 0.3) is 0 Å². The van der Waals surface area contributed by atoms with E-state index >= 15 is 0 Å². The molecule has 0 amide bonds. The minimum Gasteiger partial charge on any atom is -0.461 e. The van der Waals surface area contributed by atoms with Gasteiger partial charge in [0.15, 0.2) is 5.76 Å². The first-order valence-corrected chi connectivity index (χ1v) is 5.38. The molecule has 0 saturated heterocycles. The molecular weight excluding hydrogens is 202 g/mol. The van der Waals surface area contributed by atoms with E-state index in [0.717, 1.165) is 18.5 Å². The quantitative estimate of drug-likeness (QED) is 0.720. The second-order valence-corrected chi connectivity index (χ2v) is 3.98. The van der Waals surface area contributed by atoms with E-state index in [-0.39, 0.29) is 11.7 Å². The molecular formula is C13H11NO2. The molecule has 1 aliphatic rings. The number of carbonyl (C=O) groups excluding carboxylic acids is 1. The molecule has 2 aromatic heterocycles. The molecule has 3 heteroatoms. The second kappa shape index (κ2) is 3.59. The molecule has 0 saturated carbocycles. The summed E-state index contributed by atoms with van der Waals surface area (Å²) in [4.78, 5) is 16.4. The summed E-state index contributed by atoms with van der Waals surface area (Å²) in [5.74, 6) is 0.355. The molecule has 2 heterocycles. The molecule has 0 fully saturated rings. The molecule has 0 N–H and O–H groups in total. The number of aromatic nitrogens is 1. The van der Waals surface area contributed by atoms with Crippen molar-refractivity contribution in [2.75, 3.05) is 0 Å². The fraction of sp³-hybridized carbons (Fsp3) is 0.231. The molecule has 3 rings (SSSR count). The van der Waals surface area contributed by atoms with Crippen LogP contribution in [0.2, 0.25) is 0 Å². The summed E-state index contributed by atoms with van der Waals surface area (Å²) in [6.07, 6.45) is 5.04. The monoisotopic (exact) mass is 213 g/mol. The van der Waals surface area contributed by atoms with E-state index in [2.05, 4.69) is 4.98 Å². The Kier molecular flexibility index (Phi) is 2.10. The van der Waals surface area contributed by atoms with Gasteiger partial charge in [0.2, 0.25) is 5.78 Å². The van der Waals surface area contributed by atoms with Crippen LogP contribution >= 0.6 is 0 Å². The van der Waals surface area contributed by atoms with E-state index in [1.807, 2.05) is 12.1 Å². The zero-order valence-electron chi connectivity index (χ0n) is 8.72. The third kappa shape index (κ3) is 1.36. The van der Waals surface area contributed by atoms with Crippen LogP contribution in [0, 0.1) is 0 Å². The zero-order chi connectivity index (χ0) is 11.0. The van der Waals surface area contributed by atoms with Gasteiger partial charge >= 0.3 is 0 Å². The van der Waals surface area contributed by atoms with E-state index in [1.54, 1.807) is 18.3 Å². The van der Waals surface area contributed by atoms with E-state index < -0.39 is 0 Å². The van der Waals surface area contributed by atoms with Crippen molar-refractivity contribution < 1.29 is 9.21 Å². The normalized spacial score (nSPS) is 18.4. The van der Waals surface area contributed by atoms with Gasteiger partial charge in [-0.1, -0.05) is 6.07 Å². The van der Waals surface area contributed by atoms with Gasteiger partial charge in [-0.15, -0.1) is 0 Å². The van der Waals surface area contributed by atoms with Crippen LogP contribution in [0.1, 0.15) is 34.2 Å². The topological polar surface area (TPSA) is 43.1 Å². The standard InChI is InChI=1S/C13H11NO2/c15-13(11-4-2-8-16-11)10-6-5-9-3-1-7-14-12(9)10/h1-4,7-8,10H,5-6H2. The number of aryl methyl sites for hydroxylation is 1. The van der Waals surface area contributed by atoms with Gasteiger partial charge in [0.05, 0.1) is 17.9 Å². The number of furan rings is 1. The van der Waals surface area contributed by atoms with E-state index in [9.17, 15) is 4.79 Å². The molecule has 1 aliphatic carbocycles. The minimum absolute atomic E-state index is 0.0439. The number of hydrogen-bond acceptors (Lipinski definition) is 3. The Labute approximate surface area is 93.1 Å². The third-order valence-corrected chi connectivity index (χ3v) is 3.04. The van der Waals surface area contributed by atoms with Crippen LogP contribution < -0.4 is 0 Å². The van der Waals surface area contributed by atoms with Crippen molar-refractivity contribution in [2.24, 2.45) is 0 Å². The van der Waals surface area contributed by atoms with E-state index in [4.69, 9.17) is 4.42 Å². The summed E-state index contributed by atoms with van der Waals surface area (Å²) in [5, 5.41) is 0. The first-order chi connectivity index (χ1) is 7.86. The number of fused-ring (bicyclic) bond motifs is 1. The average Bonchev–Trinajstić information content (AvgIpc) is 2.98. The molecule has 0 aromatic carbocycles. The SMILES string of the molecule is O=C(c1ccco1)C1CCc2cccnc21. The summed E-state index contributed by atoms with van der Waals surface area (Å²) in [6, 6.07) is 7.40. The molecule has 2 aromatic rings. The summed E-state index contributed by atoms with van der Waals surface area (Å²) in [6.45, 7) is 0. The maximum absolute atomic E-state index is 12.1. The fourth-order valence-corrected chi connectivity index (χ4v) is 2.26. The Morgan fingerprint density at radius 2 is 2.31 bits per heavy atom. The van der Waals surface area contributed by atoms with E-state index in [1.165, 1.54) is 11.8 Å². The number of Topliss-reactive ketones (excluding diaryl/α,β-unsaturated/α-hetero) is 1. The number of rotatable bonds is 2. The largest absolute Gasteiger partial charge is 0.461 e. The molecule has 3 nitrogen and oxygen atoms in total. The van der Waals surface area contributed by atoms with Crippen molar-refractivity contribution in [1.82, 2.24) is 4.98 Å². The molecule has 16 heavy (non-hydrogen) atoms. The maximum atomic E-state index is 12.1. The second-order valence-electron chi connectivity index (χ2n) is 3.98. The Morgan fingerprint density at radius 1 is 1.38 bits per heavy atom. The third-order valence-electron chi connectivity index (χ3n) is 3.04.